The number of amides is 1. The molecule has 104 valence electrons. The number of thiophene rings is 1. The third-order valence-electron chi connectivity index (χ3n) is 3.31. The molecule has 2 N–H and O–H groups in total. The number of carbonyl (C=O) groups is 2. The molecule has 1 aromatic rings. The molecule has 2 rings (SSSR count). The Balaban J connectivity index is 1.81. The summed E-state index contributed by atoms with van der Waals surface area (Å²) in [7, 11) is 0. The lowest BCUT2D eigenvalue weighted by Gasteiger charge is -2.28. The smallest absolute Gasteiger partial charge is 0.407 e. The molecule has 0 saturated heterocycles. The van der Waals surface area contributed by atoms with Gasteiger partial charge in [-0.25, -0.2) is 4.79 Å². The lowest BCUT2D eigenvalue weighted by molar-refractivity contribution is -0.143. The van der Waals surface area contributed by atoms with E-state index in [9.17, 15) is 9.59 Å². The lowest BCUT2D eigenvalue weighted by atomic mass is 9.85. The first kappa shape index (κ1) is 13.9. The highest BCUT2D eigenvalue weighted by Gasteiger charge is 2.32. The van der Waals surface area contributed by atoms with E-state index < -0.39 is 18.0 Å². The predicted molar refractivity (Wildman–Crippen MR) is 71.0 cm³/mol. The van der Waals surface area contributed by atoms with Crippen LogP contribution in [0.5, 0.6) is 0 Å². The van der Waals surface area contributed by atoms with Gasteiger partial charge in [0.15, 0.2) is 0 Å². The number of rotatable bonds is 4. The van der Waals surface area contributed by atoms with Crippen molar-refractivity contribution in [3.63, 3.8) is 0 Å². The van der Waals surface area contributed by atoms with Crippen LogP contribution in [0.2, 0.25) is 0 Å². The molecular formula is C13H17NO4S. The van der Waals surface area contributed by atoms with E-state index in [2.05, 4.69) is 5.32 Å². The van der Waals surface area contributed by atoms with Crippen molar-refractivity contribution in [1.29, 1.82) is 0 Å². The molecular weight excluding hydrogens is 266 g/mol. The number of nitrogens with one attached hydrogen (secondary N) is 1. The van der Waals surface area contributed by atoms with Crippen LogP contribution < -0.4 is 5.32 Å². The Bertz CT molecular complexity index is 432. The molecule has 0 aliphatic heterocycles. The number of carbonyl (C=O) groups excluding carboxylic acids is 1. The molecule has 1 fully saturated rings. The summed E-state index contributed by atoms with van der Waals surface area (Å²) >= 11 is 1.52. The van der Waals surface area contributed by atoms with Crippen LogP contribution >= 0.6 is 11.3 Å². The van der Waals surface area contributed by atoms with E-state index in [-0.39, 0.29) is 12.6 Å². The van der Waals surface area contributed by atoms with Crippen molar-refractivity contribution >= 4 is 23.4 Å². The van der Waals surface area contributed by atoms with E-state index in [1.54, 1.807) is 0 Å². The van der Waals surface area contributed by atoms with Crippen molar-refractivity contribution < 1.29 is 19.4 Å². The fourth-order valence-corrected chi connectivity index (χ4v) is 2.94. The van der Waals surface area contributed by atoms with Gasteiger partial charge in [0.25, 0.3) is 0 Å². The Morgan fingerprint density at radius 2 is 2.21 bits per heavy atom. The molecule has 1 aliphatic carbocycles. The van der Waals surface area contributed by atoms with Gasteiger partial charge < -0.3 is 15.2 Å². The number of aliphatic carboxylic acids is 1. The number of ether oxygens (including phenoxy) is 1. The molecule has 6 heteroatoms. The van der Waals surface area contributed by atoms with Crippen molar-refractivity contribution in [3.8, 4) is 0 Å². The molecule has 0 bridgehead atoms. The maximum Gasteiger partial charge on any atom is 0.407 e. The first-order chi connectivity index (χ1) is 9.16. The van der Waals surface area contributed by atoms with Gasteiger partial charge in [0.2, 0.25) is 0 Å². The van der Waals surface area contributed by atoms with Gasteiger partial charge in [-0.2, -0.15) is 0 Å². The highest BCUT2D eigenvalue weighted by molar-refractivity contribution is 7.09. The normalized spacial score (nSPS) is 22.7. The third kappa shape index (κ3) is 3.96. The second kappa shape index (κ2) is 6.56. The van der Waals surface area contributed by atoms with Crippen molar-refractivity contribution in [1.82, 2.24) is 5.32 Å². The van der Waals surface area contributed by atoms with Gasteiger partial charge in [0.1, 0.15) is 6.61 Å². The number of hydrogen-bond acceptors (Lipinski definition) is 4. The summed E-state index contributed by atoms with van der Waals surface area (Å²) in [5.74, 6) is -1.34. The summed E-state index contributed by atoms with van der Waals surface area (Å²) in [6.45, 7) is 0.230. The van der Waals surface area contributed by atoms with Crippen molar-refractivity contribution in [2.24, 2.45) is 5.92 Å². The molecule has 0 radical (unpaired) electrons. The molecule has 19 heavy (non-hydrogen) atoms. The van der Waals surface area contributed by atoms with Gasteiger partial charge in [0, 0.05) is 10.9 Å². The second-order valence-corrected chi connectivity index (χ2v) is 5.67. The number of hydrogen-bond donors (Lipinski definition) is 2. The summed E-state index contributed by atoms with van der Waals surface area (Å²) in [5, 5.41) is 13.7. The van der Waals surface area contributed by atoms with Crippen LogP contribution in [0.4, 0.5) is 4.79 Å². The summed E-state index contributed by atoms with van der Waals surface area (Å²) in [6, 6.07) is 3.46. The Morgan fingerprint density at radius 3 is 2.89 bits per heavy atom. The largest absolute Gasteiger partial charge is 0.481 e. The second-order valence-electron chi connectivity index (χ2n) is 4.64. The maximum absolute atomic E-state index is 11.7. The number of carboxylic acids is 1. The SMILES string of the molecule is O=C(NC1CCCCC1C(=O)O)OCc1cccs1. The minimum atomic E-state index is -0.844. The zero-order valence-corrected chi connectivity index (χ0v) is 11.3. The fraction of sp³-hybridized carbons (Fsp3) is 0.538. The summed E-state index contributed by atoms with van der Waals surface area (Å²) in [5.41, 5.74) is 0. The minimum Gasteiger partial charge on any atom is -0.481 e. The monoisotopic (exact) mass is 283 g/mol. The van der Waals surface area contributed by atoms with Crippen molar-refractivity contribution in [2.75, 3.05) is 0 Å². The first-order valence-corrected chi connectivity index (χ1v) is 7.23. The summed E-state index contributed by atoms with van der Waals surface area (Å²) in [4.78, 5) is 23.7. The highest BCUT2D eigenvalue weighted by atomic mass is 32.1. The van der Waals surface area contributed by atoms with E-state index in [0.29, 0.717) is 12.8 Å². The maximum atomic E-state index is 11.7. The molecule has 1 amide bonds. The van der Waals surface area contributed by atoms with Gasteiger partial charge in [0.05, 0.1) is 5.92 Å². The number of carboxylic acid groups (broad SMARTS) is 1. The molecule has 1 aliphatic rings. The Morgan fingerprint density at radius 1 is 1.42 bits per heavy atom. The van der Waals surface area contributed by atoms with Crippen LogP contribution in [0.25, 0.3) is 0 Å². The molecule has 2 unspecified atom stereocenters. The van der Waals surface area contributed by atoms with Crippen LogP contribution in [0, 0.1) is 5.92 Å². The standard InChI is InChI=1S/C13H17NO4S/c15-12(16)10-5-1-2-6-11(10)14-13(17)18-8-9-4-3-7-19-9/h3-4,7,10-11H,1-2,5-6,8H2,(H,14,17)(H,15,16). The summed E-state index contributed by atoms with van der Waals surface area (Å²) < 4.78 is 5.08. The average molecular weight is 283 g/mol. The third-order valence-corrected chi connectivity index (χ3v) is 4.16. The molecule has 1 aromatic heterocycles. The van der Waals surface area contributed by atoms with Gasteiger partial charge >= 0.3 is 12.1 Å². The Labute approximate surface area is 115 Å². The van der Waals surface area contributed by atoms with Crippen molar-refractivity contribution in [3.05, 3.63) is 22.4 Å². The van der Waals surface area contributed by atoms with Crippen LogP contribution in [0.1, 0.15) is 30.6 Å². The van der Waals surface area contributed by atoms with Gasteiger partial charge in [-0.1, -0.05) is 18.9 Å². The number of alkyl carbamates (subject to hydrolysis) is 1. The molecule has 2 atom stereocenters. The zero-order valence-electron chi connectivity index (χ0n) is 10.5. The quantitative estimate of drug-likeness (QED) is 0.890. The van der Waals surface area contributed by atoms with E-state index >= 15 is 0 Å². The van der Waals surface area contributed by atoms with Gasteiger partial charge in [-0.05, 0) is 24.3 Å². The lowest BCUT2D eigenvalue weighted by Crippen LogP contribution is -2.45. The molecule has 0 aromatic carbocycles. The van der Waals surface area contributed by atoms with E-state index in [1.165, 1.54) is 11.3 Å². The van der Waals surface area contributed by atoms with Gasteiger partial charge in [-0.3, -0.25) is 4.79 Å². The van der Waals surface area contributed by atoms with Crippen molar-refractivity contribution in [2.45, 2.75) is 38.3 Å². The Hall–Kier alpha value is -1.56. The molecule has 0 spiro atoms. The fourth-order valence-electron chi connectivity index (χ4n) is 2.32. The molecule has 1 heterocycles. The summed E-state index contributed by atoms with van der Waals surface area (Å²) in [6.07, 6.45) is 2.63. The predicted octanol–water partition coefficient (Wildman–Crippen LogP) is 2.62. The molecule has 1 saturated carbocycles. The van der Waals surface area contributed by atoms with Crippen LogP contribution in [0.3, 0.4) is 0 Å². The topological polar surface area (TPSA) is 75.6 Å². The molecule has 5 nitrogen and oxygen atoms in total. The first-order valence-electron chi connectivity index (χ1n) is 6.35. The van der Waals surface area contributed by atoms with Crippen LogP contribution in [0.15, 0.2) is 17.5 Å². The highest BCUT2D eigenvalue weighted by Crippen LogP contribution is 2.24. The minimum absolute atomic E-state index is 0.230. The van der Waals surface area contributed by atoms with E-state index in [0.717, 1.165) is 17.7 Å². The van der Waals surface area contributed by atoms with Crippen LogP contribution in [-0.2, 0) is 16.1 Å². The average Bonchev–Trinajstić information content (AvgIpc) is 2.90. The van der Waals surface area contributed by atoms with E-state index in [4.69, 9.17) is 9.84 Å². The zero-order chi connectivity index (χ0) is 13.7. The Kier molecular flexibility index (Phi) is 4.79. The van der Waals surface area contributed by atoms with E-state index in [1.807, 2.05) is 17.5 Å². The van der Waals surface area contributed by atoms with Crippen LogP contribution in [-0.4, -0.2) is 23.2 Å². The van der Waals surface area contributed by atoms with Gasteiger partial charge in [-0.15, -0.1) is 11.3 Å².